The van der Waals surface area contributed by atoms with Gasteiger partial charge in [0.15, 0.2) is 0 Å². The summed E-state index contributed by atoms with van der Waals surface area (Å²) >= 11 is 0. The number of hydrogen-bond donors (Lipinski definition) is 2. The van der Waals surface area contributed by atoms with Crippen LogP contribution >= 0.6 is 0 Å². The van der Waals surface area contributed by atoms with Crippen molar-refractivity contribution in [2.45, 2.75) is 6.92 Å². The van der Waals surface area contributed by atoms with Crippen LogP contribution in [0.25, 0.3) is 0 Å². The summed E-state index contributed by atoms with van der Waals surface area (Å²) in [6, 6.07) is 2.87. The number of hydrogen-bond acceptors (Lipinski definition) is 5. The number of nitrogens with two attached hydrogens (primary N) is 1. The van der Waals surface area contributed by atoms with Crippen molar-refractivity contribution in [3.8, 4) is 11.6 Å². The first kappa shape index (κ1) is 12.2. The Morgan fingerprint density at radius 3 is 2.44 bits per heavy atom. The third-order valence-corrected chi connectivity index (χ3v) is 2.23. The monoisotopic (exact) mass is 252 g/mol. The average molecular weight is 252 g/mol. The van der Waals surface area contributed by atoms with Gasteiger partial charge in [-0.2, -0.15) is 0 Å². The van der Waals surface area contributed by atoms with Gasteiger partial charge in [-0.25, -0.2) is 24.6 Å². The van der Waals surface area contributed by atoms with Crippen LogP contribution in [0, 0.1) is 18.6 Å². The number of anilines is 1. The van der Waals surface area contributed by atoms with Crippen LogP contribution in [0.4, 0.5) is 14.6 Å². The summed E-state index contributed by atoms with van der Waals surface area (Å²) in [5.74, 6) is 4.34. The summed E-state index contributed by atoms with van der Waals surface area (Å²) in [7, 11) is 0. The molecule has 7 heteroatoms. The van der Waals surface area contributed by atoms with Crippen LogP contribution in [0.2, 0.25) is 0 Å². The van der Waals surface area contributed by atoms with E-state index in [1.807, 2.05) is 0 Å². The zero-order valence-electron chi connectivity index (χ0n) is 9.45. The number of benzene rings is 1. The molecule has 18 heavy (non-hydrogen) atoms. The molecule has 0 radical (unpaired) electrons. The Balaban J connectivity index is 2.34. The number of nitrogens with one attached hydrogen (secondary N) is 1. The van der Waals surface area contributed by atoms with Gasteiger partial charge in [-0.15, -0.1) is 0 Å². The molecule has 2 aromatic rings. The number of halogens is 2. The van der Waals surface area contributed by atoms with Gasteiger partial charge in [-0.05, 0) is 6.92 Å². The lowest BCUT2D eigenvalue weighted by Gasteiger charge is -2.09. The molecular weight excluding hydrogens is 242 g/mol. The number of hydrazine groups is 1. The van der Waals surface area contributed by atoms with E-state index in [-0.39, 0.29) is 11.6 Å². The van der Waals surface area contributed by atoms with Crippen molar-refractivity contribution in [2.75, 3.05) is 5.43 Å². The first-order chi connectivity index (χ1) is 8.60. The van der Waals surface area contributed by atoms with E-state index in [0.29, 0.717) is 11.4 Å². The Morgan fingerprint density at radius 2 is 1.83 bits per heavy atom. The highest BCUT2D eigenvalue weighted by atomic mass is 19.1. The molecule has 94 valence electrons. The average Bonchev–Trinajstić information content (AvgIpc) is 2.30. The highest BCUT2D eigenvalue weighted by Gasteiger charge is 2.09. The SMILES string of the molecule is Cc1c(NN)ncnc1Oc1cc(F)cc(F)c1. The fraction of sp³-hybridized carbons (Fsp3) is 0.0909. The maximum absolute atomic E-state index is 13.0. The van der Waals surface area contributed by atoms with E-state index in [2.05, 4.69) is 15.4 Å². The number of nitrogens with zero attached hydrogens (tertiary/aromatic N) is 2. The fourth-order valence-corrected chi connectivity index (χ4v) is 1.38. The van der Waals surface area contributed by atoms with Crippen LogP contribution in [0.15, 0.2) is 24.5 Å². The Kier molecular flexibility index (Phi) is 3.33. The van der Waals surface area contributed by atoms with Gasteiger partial charge >= 0.3 is 0 Å². The van der Waals surface area contributed by atoms with Crippen LogP contribution in [0.5, 0.6) is 11.6 Å². The zero-order valence-corrected chi connectivity index (χ0v) is 9.45. The summed E-state index contributed by atoms with van der Waals surface area (Å²) in [4.78, 5) is 7.73. The van der Waals surface area contributed by atoms with E-state index in [1.165, 1.54) is 6.33 Å². The number of ether oxygens (including phenoxy) is 1. The van der Waals surface area contributed by atoms with Gasteiger partial charge in [0.1, 0.15) is 29.5 Å². The number of rotatable bonds is 3. The third kappa shape index (κ3) is 2.51. The van der Waals surface area contributed by atoms with Crippen molar-refractivity contribution in [3.63, 3.8) is 0 Å². The van der Waals surface area contributed by atoms with Gasteiger partial charge in [0.2, 0.25) is 5.88 Å². The molecule has 0 saturated carbocycles. The van der Waals surface area contributed by atoms with Gasteiger partial charge in [0, 0.05) is 18.2 Å². The molecule has 1 aromatic heterocycles. The van der Waals surface area contributed by atoms with E-state index >= 15 is 0 Å². The topological polar surface area (TPSA) is 73.1 Å². The highest BCUT2D eigenvalue weighted by Crippen LogP contribution is 2.26. The number of nitrogen functional groups attached to an aromatic ring is 1. The van der Waals surface area contributed by atoms with Gasteiger partial charge in [0.25, 0.3) is 0 Å². The van der Waals surface area contributed by atoms with Crippen LogP contribution < -0.4 is 16.0 Å². The van der Waals surface area contributed by atoms with Crippen molar-refractivity contribution in [2.24, 2.45) is 5.84 Å². The molecule has 0 spiro atoms. The Morgan fingerprint density at radius 1 is 1.17 bits per heavy atom. The second-order valence-electron chi connectivity index (χ2n) is 3.50. The molecule has 1 heterocycles. The molecule has 0 amide bonds. The standard InChI is InChI=1S/C11H10F2N4O/c1-6-10(17-14)15-5-16-11(6)18-9-3-7(12)2-8(13)4-9/h2-5H,14H2,1H3,(H,15,16,17). The van der Waals surface area contributed by atoms with E-state index in [9.17, 15) is 8.78 Å². The molecule has 0 aliphatic heterocycles. The quantitative estimate of drug-likeness (QED) is 0.646. The van der Waals surface area contributed by atoms with Gasteiger partial charge in [-0.3, -0.25) is 0 Å². The summed E-state index contributed by atoms with van der Waals surface area (Å²) in [6.45, 7) is 1.67. The Labute approximate surface area is 102 Å². The second kappa shape index (κ2) is 4.92. The molecule has 0 fully saturated rings. The van der Waals surface area contributed by atoms with Crippen LogP contribution in [0.1, 0.15) is 5.56 Å². The van der Waals surface area contributed by atoms with Crippen molar-refractivity contribution in [1.29, 1.82) is 0 Å². The van der Waals surface area contributed by atoms with Crippen molar-refractivity contribution in [1.82, 2.24) is 9.97 Å². The Bertz CT molecular complexity index is 557. The lowest BCUT2D eigenvalue weighted by molar-refractivity contribution is 0.447. The molecule has 0 aliphatic carbocycles. The van der Waals surface area contributed by atoms with E-state index in [4.69, 9.17) is 10.6 Å². The molecule has 0 unspecified atom stereocenters. The normalized spacial score (nSPS) is 10.2. The predicted octanol–water partition coefficient (Wildman–Crippen LogP) is 2.14. The summed E-state index contributed by atoms with van der Waals surface area (Å²) < 4.78 is 31.3. The maximum Gasteiger partial charge on any atom is 0.227 e. The van der Waals surface area contributed by atoms with Crippen molar-refractivity contribution < 1.29 is 13.5 Å². The van der Waals surface area contributed by atoms with Crippen molar-refractivity contribution >= 4 is 5.82 Å². The molecule has 3 N–H and O–H groups in total. The van der Waals surface area contributed by atoms with E-state index in [1.54, 1.807) is 6.92 Å². The fourth-order valence-electron chi connectivity index (χ4n) is 1.38. The largest absolute Gasteiger partial charge is 0.438 e. The molecule has 0 bridgehead atoms. The molecular formula is C11H10F2N4O. The van der Waals surface area contributed by atoms with E-state index in [0.717, 1.165) is 18.2 Å². The van der Waals surface area contributed by atoms with E-state index < -0.39 is 11.6 Å². The first-order valence-corrected chi connectivity index (χ1v) is 5.02. The molecule has 0 saturated heterocycles. The summed E-state index contributed by atoms with van der Waals surface area (Å²) in [5.41, 5.74) is 2.90. The van der Waals surface area contributed by atoms with Crippen molar-refractivity contribution in [3.05, 3.63) is 41.7 Å². The molecule has 1 aromatic carbocycles. The summed E-state index contributed by atoms with van der Waals surface area (Å²) in [5, 5.41) is 0. The maximum atomic E-state index is 13.0. The van der Waals surface area contributed by atoms with Crippen LogP contribution in [-0.4, -0.2) is 9.97 Å². The molecule has 5 nitrogen and oxygen atoms in total. The first-order valence-electron chi connectivity index (χ1n) is 5.02. The Hall–Kier alpha value is -2.28. The zero-order chi connectivity index (χ0) is 13.1. The molecule has 0 aliphatic rings. The van der Waals surface area contributed by atoms with Crippen LogP contribution in [0.3, 0.4) is 0 Å². The minimum Gasteiger partial charge on any atom is -0.438 e. The van der Waals surface area contributed by atoms with Gasteiger partial charge in [-0.1, -0.05) is 0 Å². The van der Waals surface area contributed by atoms with Gasteiger partial charge in [0.05, 0.1) is 5.56 Å². The summed E-state index contributed by atoms with van der Waals surface area (Å²) in [6.07, 6.45) is 1.23. The smallest absolute Gasteiger partial charge is 0.227 e. The minimum atomic E-state index is -0.728. The predicted molar refractivity (Wildman–Crippen MR) is 61.0 cm³/mol. The highest BCUT2D eigenvalue weighted by molar-refractivity contribution is 5.47. The lowest BCUT2D eigenvalue weighted by atomic mass is 10.3. The second-order valence-corrected chi connectivity index (χ2v) is 3.50. The minimum absolute atomic E-state index is 0.0114. The molecule has 0 atom stereocenters. The van der Waals surface area contributed by atoms with Gasteiger partial charge < -0.3 is 10.2 Å². The molecule has 2 rings (SSSR count). The third-order valence-electron chi connectivity index (χ3n) is 2.23. The van der Waals surface area contributed by atoms with Crippen LogP contribution in [-0.2, 0) is 0 Å². The lowest BCUT2D eigenvalue weighted by Crippen LogP contribution is -2.11. The number of aromatic nitrogens is 2.